The van der Waals surface area contributed by atoms with Gasteiger partial charge in [-0.05, 0) is 32.0 Å². The first-order chi connectivity index (χ1) is 13.2. The monoisotopic (exact) mass is 403 g/mol. The van der Waals surface area contributed by atoms with Gasteiger partial charge < -0.3 is 14.8 Å². The summed E-state index contributed by atoms with van der Waals surface area (Å²) < 4.78 is 36.1. The lowest BCUT2D eigenvalue weighted by Gasteiger charge is -2.18. The van der Waals surface area contributed by atoms with Gasteiger partial charge in [-0.15, -0.1) is 0 Å². The average molecular weight is 404 g/mol. The molecule has 0 aromatic heterocycles. The van der Waals surface area contributed by atoms with E-state index < -0.39 is 15.7 Å². The van der Waals surface area contributed by atoms with E-state index in [9.17, 15) is 13.2 Å². The Balaban J connectivity index is 1.61. The van der Waals surface area contributed by atoms with Gasteiger partial charge in [0.1, 0.15) is 12.2 Å². The summed E-state index contributed by atoms with van der Waals surface area (Å²) in [5.74, 6) is 0.895. The molecular weight excluding hydrogens is 378 g/mol. The lowest BCUT2D eigenvalue weighted by molar-refractivity contribution is 0.0943. The second-order valence-electron chi connectivity index (χ2n) is 7.29. The number of para-hydroxylation sites is 1. The maximum atomic E-state index is 12.5. The Hall–Kier alpha value is -2.54. The van der Waals surface area contributed by atoms with Gasteiger partial charge in [0.25, 0.3) is 5.91 Å². The second kappa shape index (κ2) is 7.83. The number of hydrogen-bond acceptors (Lipinski definition) is 5. The minimum atomic E-state index is -3.47. The summed E-state index contributed by atoms with van der Waals surface area (Å²) in [7, 11) is -3.47. The van der Waals surface area contributed by atoms with Crippen molar-refractivity contribution in [2.75, 3.05) is 18.9 Å². The number of benzene rings is 2. The standard InChI is InChI=1S/C21H25NO5S/c1-4-28(24,25)18-11-6-5-9-16(18)20(23)22-12-13-26-17-10-7-8-15-14-21(2,3)27-19(15)17/h5-11H,4,12-14H2,1-3H3,(H,22,23). The van der Waals surface area contributed by atoms with Gasteiger partial charge in [-0.2, -0.15) is 0 Å². The molecule has 6 nitrogen and oxygen atoms in total. The lowest BCUT2D eigenvalue weighted by atomic mass is 10.0. The van der Waals surface area contributed by atoms with Gasteiger partial charge in [-0.1, -0.05) is 31.2 Å². The summed E-state index contributed by atoms with van der Waals surface area (Å²) in [5.41, 5.74) is 0.991. The number of fused-ring (bicyclic) bond motifs is 1. The Morgan fingerprint density at radius 1 is 1.18 bits per heavy atom. The van der Waals surface area contributed by atoms with E-state index in [0.717, 1.165) is 17.7 Å². The predicted octanol–water partition coefficient (Wildman–Crippen LogP) is 3.00. The largest absolute Gasteiger partial charge is 0.488 e. The first-order valence-corrected chi connectivity index (χ1v) is 10.9. The number of amides is 1. The Labute approximate surface area is 165 Å². The van der Waals surface area contributed by atoms with E-state index in [4.69, 9.17) is 9.47 Å². The van der Waals surface area contributed by atoms with E-state index in [1.807, 2.05) is 32.0 Å². The highest BCUT2D eigenvalue weighted by Crippen LogP contribution is 2.41. The number of hydrogen-bond donors (Lipinski definition) is 1. The Morgan fingerprint density at radius 2 is 1.93 bits per heavy atom. The van der Waals surface area contributed by atoms with Crippen LogP contribution in [0.5, 0.6) is 11.5 Å². The lowest BCUT2D eigenvalue weighted by Crippen LogP contribution is -2.29. The van der Waals surface area contributed by atoms with E-state index in [-0.39, 0.29) is 35.0 Å². The molecule has 0 saturated carbocycles. The van der Waals surface area contributed by atoms with Crippen LogP contribution in [0.2, 0.25) is 0 Å². The molecule has 2 aromatic carbocycles. The minimum absolute atomic E-state index is 0.0485. The fraction of sp³-hybridized carbons (Fsp3) is 0.381. The topological polar surface area (TPSA) is 81.7 Å². The summed E-state index contributed by atoms with van der Waals surface area (Å²) in [5, 5.41) is 2.72. The van der Waals surface area contributed by atoms with Crippen molar-refractivity contribution in [2.45, 2.75) is 37.7 Å². The molecule has 1 N–H and O–H groups in total. The molecule has 0 radical (unpaired) electrons. The van der Waals surface area contributed by atoms with Gasteiger partial charge in [0.05, 0.1) is 22.8 Å². The highest BCUT2D eigenvalue weighted by atomic mass is 32.2. The van der Waals surface area contributed by atoms with Crippen molar-refractivity contribution in [2.24, 2.45) is 0 Å². The number of ether oxygens (including phenoxy) is 2. The number of rotatable bonds is 7. The van der Waals surface area contributed by atoms with E-state index in [0.29, 0.717) is 5.75 Å². The third-order valence-corrected chi connectivity index (χ3v) is 6.33. The molecule has 1 aliphatic rings. The number of sulfone groups is 1. The van der Waals surface area contributed by atoms with Crippen molar-refractivity contribution in [1.82, 2.24) is 5.32 Å². The van der Waals surface area contributed by atoms with Crippen LogP contribution in [-0.2, 0) is 16.3 Å². The second-order valence-corrected chi connectivity index (χ2v) is 9.53. The van der Waals surface area contributed by atoms with Crippen molar-refractivity contribution >= 4 is 15.7 Å². The van der Waals surface area contributed by atoms with Gasteiger partial charge in [0.15, 0.2) is 21.3 Å². The molecule has 28 heavy (non-hydrogen) atoms. The van der Waals surface area contributed by atoms with Gasteiger partial charge in [-0.3, -0.25) is 4.79 Å². The zero-order valence-corrected chi connectivity index (χ0v) is 17.1. The molecule has 0 unspecified atom stereocenters. The van der Waals surface area contributed by atoms with Crippen LogP contribution in [0, 0.1) is 0 Å². The summed E-state index contributed by atoms with van der Waals surface area (Å²) in [6.07, 6.45) is 0.818. The molecule has 2 aromatic rings. The minimum Gasteiger partial charge on any atom is -0.488 e. The van der Waals surface area contributed by atoms with E-state index in [2.05, 4.69) is 5.32 Å². The van der Waals surface area contributed by atoms with Crippen molar-refractivity contribution in [3.63, 3.8) is 0 Å². The molecule has 0 aliphatic carbocycles. The molecule has 1 heterocycles. The van der Waals surface area contributed by atoms with E-state index in [1.54, 1.807) is 19.1 Å². The summed E-state index contributed by atoms with van der Waals surface area (Å²) >= 11 is 0. The molecule has 1 amide bonds. The van der Waals surface area contributed by atoms with Gasteiger partial charge >= 0.3 is 0 Å². The van der Waals surface area contributed by atoms with Crippen LogP contribution in [0.25, 0.3) is 0 Å². The van der Waals surface area contributed by atoms with E-state index in [1.165, 1.54) is 12.1 Å². The molecule has 3 rings (SSSR count). The normalized spacial score (nSPS) is 14.8. The molecule has 0 spiro atoms. The fourth-order valence-corrected chi connectivity index (χ4v) is 4.30. The maximum absolute atomic E-state index is 12.5. The molecule has 0 fully saturated rings. The van der Waals surface area contributed by atoms with Crippen LogP contribution in [0.4, 0.5) is 0 Å². The Kier molecular flexibility index (Phi) is 5.65. The highest BCUT2D eigenvalue weighted by molar-refractivity contribution is 7.91. The van der Waals surface area contributed by atoms with Gasteiger partial charge in [0.2, 0.25) is 0 Å². The first-order valence-electron chi connectivity index (χ1n) is 9.27. The molecule has 1 aliphatic heterocycles. The first kappa shape index (κ1) is 20.2. The molecule has 7 heteroatoms. The van der Waals surface area contributed by atoms with Crippen molar-refractivity contribution in [3.05, 3.63) is 53.6 Å². The number of carbonyl (C=O) groups excluding carboxylic acids is 1. The number of nitrogens with one attached hydrogen (secondary N) is 1. The van der Waals surface area contributed by atoms with Crippen molar-refractivity contribution < 1.29 is 22.7 Å². The third kappa shape index (κ3) is 4.30. The summed E-state index contributed by atoms with van der Waals surface area (Å²) in [6, 6.07) is 12.0. The molecular formula is C21H25NO5S. The smallest absolute Gasteiger partial charge is 0.252 e. The van der Waals surface area contributed by atoms with E-state index >= 15 is 0 Å². The summed E-state index contributed by atoms with van der Waals surface area (Å²) in [6.45, 7) is 6.10. The quantitative estimate of drug-likeness (QED) is 0.719. The fourth-order valence-electron chi connectivity index (χ4n) is 3.20. The predicted molar refractivity (Wildman–Crippen MR) is 107 cm³/mol. The zero-order chi connectivity index (χ0) is 20.4. The van der Waals surface area contributed by atoms with Crippen molar-refractivity contribution in [1.29, 1.82) is 0 Å². The Bertz CT molecular complexity index is 982. The SMILES string of the molecule is CCS(=O)(=O)c1ccccc1C(=O)NCCOc1cccc2c1OC(C)(C)C2. The molecule has 0 bridgehead atoms. The number of carbonyl (C=O) groups is 1. The zero-order valence-electron chi connectivity index (χ0n) is 16.3. The van der Waals surface area contributed by atoms with Crippen LogP contribution in [-0.4, -0.2) is 38.8 Å². The van der Waals surface area contributed by atoms with Crippen molar-refractivity contribution in [3.8, 4) is 11.5 Å². The Morgan fingerprint density at radius 3 is 2.68 bits per heavy atom. The van der Waals surface area contributed by atoms with Gasteiger partial charge in [-0.25, -0.2) is 8.42 Å². The summed E-state index contributed by atoms with van der Waals surface area (Å²) in [4.78, 5) is 12.5. The molecule has 0 saturated heterocycles. The highest BCUT2D eigenvalue weighted by Gasteiger charge is 2.32. The van der Waals surface area contributed by atoms with Crippen LogP contribution in [0.1, 0.15) is 36.7 Å². The third-order valence-electron chi connectivity index (χ3n) is 4.55. The van der Waals surface area contributed by atoms with Crippen LogP contribution in [0.15, 0.2) is 47.4 Å². The van der Waals surface area contributed by atoms with Crippen LogP contribution < -0.4 is 14.8 Å². The molecule has 0 atom stereocenters. The molecule has 150 valence electrons. The maximum Gasteiger partial charge on any atom is 0.252 e. The van der Waals surface area contributed by atoms with Crippen LogP contribution in [0.3, 0.4) is 0 Å². The van der Waals surface area contributed by atoms with Gasteiger partial charge in [0, 0.05) is 12.0 Å². The average Bonchev–Trinajstić information content (AvgIpc) is 2.99. The van der Waals surface area contributed by atoms with Crippen LogP contribution >= 0.6 is 0 Å².